The van der Waals surface area contributed by atoms with Crippen LogP contribution in [0, 0.1) is 5.92 Å². The Balaban J connectivity index is 2.02. The molecule has 0 radical (unpaired) electrons. The second-order valence-electron chi connectivity index (χ2n) is 5.02. The van der Waals surface area contributed by atoms with Gasteiger partial charge < -0.3 is 14.9 Å². The van der Waals surface area contributed by atoms with Gasteiger partial charge in [-0.1, -0.05) is 0 Å². The number of likely N-dealkylation sites (tertiary alicyclic amines) is 1. The minimum Gasteiger partial charge on any atom is -0.508 e. The molecule has 0 aliphatic carbocycles. The smallest absolute Gasteiger partial charge is 0.120 e. The molecule has 0 saturated carbocycles. The van der Waals surface area contributed by atoms with Crippen LogP contribution in [0.4, 0.5) is 0 Å². The van der Waals surface area contributed by atoms with Gasteiger partial charge in [0.05, 0.1) is 13.2 Å². The summed E-state index contributed by atoms with van der Waals surface area (Å²) in [5.41, 5.74) is 0.876. The monoisotopic (exact) mass is 251 g/mol. The first kappa shape index (κ1) is 13.2. The zero-order valence-corrected chi connectivity index (χ0v) is 11.0. The minimum absolute atomic E-state index is 0.256. The number of benzene rings is 1. The van der Waals surface area contributed by atoms with Crippen LogP contribution < -0.4 is 4.74 Å². The fourth-order valence-electron chi connectivity index (χ4n) is 2.46. The standard InChI is InChI=1S/C14H21NO3/c1-10(16)11-5-6-15(8-11)9-12-7-13(18-2)3-4-14(12)17/h3-4,7,10-11,16-17H,5-6,8-9H2,1-2H3. The Morgan fingerprint density at radius 3 is 2.89 bits per heavy atom. The van der Waals surface area contributed by atoms with Crippen LogP contribution in [0.5, 0.6) is 11.5 Å². The summed E-state index contributed by atoms with van der Waals surface area (Å²) in [4.78, 5) is 2.26. The molecule has 4 heteroatoms. The normalized spacial score (nSPS) is 22.1. The highest BCUT2D eigenvalue weighted by atomic mass is 16.5. The molecule has 0 bridgehead atoms. The predicted molar refractivity (Wildman–Crippen MR) is 69.7 cm³/mol. The van der Waals surface area contributed by atoms with Gasteiger partial charge in [-0.2, -0.15) is 0 Å². The summed E-state index contributed by atoms with van der Waals surface area (Å²) in [6.07, 6.45) is 0.761. The largest absolute Gasteiger partial charge is 0.508 e. The lowest BCUT2D eigenvalue weighted by molar-refractivity contribution is 0.127. The van der Waals surface area contributed by atoms with Crippen molar-refractivity contribution < 1.29 is 14.9 Å². The first-order valence-electron chi connectivity index (χ1n) is 6.36. The average molecular weight is 251 g/mol. The molecule has 0 spiro atoms. The highest BCUT2D eigenvalue weighted by molar-refractivity contribution is 5.39. The van der Waals surface area contributed by atoms with Crippen LogP contribution >= 0.6 is 0 Å². The van der Waals surface area contributed by atoms with Crippen molar-refractivity contribution in [3.05, 3.63) is 23.8 Å². The molecule has 18 heavy (non-hydrogen) atoms. The number of phenols is 1. The van der Waals surface area contributed by atoms with Gasteiger partial charge in [-0.3, -0.25) is 4.90 Å². The predicted octanol–water partition coefficient (Wildman–Crippen LogP) is 1.60. The van der Waals surface area contributed by atoms with Crippen LogP contribution in [0.25, 0.3) is 0 Å². The van der Waals surface area contributed by atoms with E-state index in [9.17, 15) is 10.2 Å². The third-order valence-electron chi connectivity index (χ3n) is 3.67. The van der Waals surface area contributed by atoms with E-state index in [-0.39, 0.29) is 6.10 Å². The Morgan fingerprint density at radius 1 is 1.50 bits per heavy atom. The lowest BCUT2D eigenvalue weighted by Crippen LogP contribution is -2.24. The second-order valence-corrected chi connectivity index (χ2v) is 5.02. The molecule has 4 nitrogen and oxygen atoms in total. The van der Waals surface area contributed by atoms with Crippen LogP contribution in [0.1, 0.15) is 18.9 Å². The molecular formula is C14H21NO3. The molecule has 1 aromatic carbocycles. The Morgan fingerprint density at radius 2 is 2.28 bits per heavy atom. The number of hydrogen-bond donors (Lipinski definition) is 2. The molecule has 1 aliphatic rings. The molecule has 1 heterocycles. The Labute approximate surface area is 108 Å². The summed E-state index contributed by atoms with van der Waals surface area (Å²) in [5.74, 6) is 1.41. The number of methoxy groups -OCH3 is 1. The van der Waals surface area contributed by atoms with Crippen LogP contribution in [-0.4, -0.2) is 41.4 Å². The molecule has 1 fully saturated rings. The summed E-state index contributed by atoms with van der Waals surface area (Å²) in [6, 6.07) is 5.28. The molecule has 2 unspecified atom stereocenters. The van der Waals surface area contributed by atoms with E-state index in [0.717, 1.165) is 30.8 Å². The van der Waals surface area contributed by atoms with E-state index < -0.39 is 0 Å². The summed E-state index contributed by atoms with van der Waals surface area (Å²) in [6.45, 7) is 4.39. The fourth-order valence-corrected chi connectivity index (χ4v) is 2.46. The van der Waals surface area contributed by atoms with Crippen LogP contribution in [0.15, 0.2) is 18.2 Å². The van der Waals surface area contributed by atoms with E-state index in [1.165, 1.54) is 0 Å². The maximum absolute atomic E-state index is 9.83. The maximum Gasteiger partial charge on any atom is 0.120 e. The van der Waals surface area contributed by atoms with Crippen molar-refractivity contribution in [3.63, 3.8) is 0 Å². The maximum atomic E-state index is 9.83. The molecular weight excluding hydrogens is 230 g/mol. The number of phenolic OH excluding ortho intramolecular Hbond substituents is 1. The van der Waals surface area contributed by atoms with Crippen molar-refractivity contribution in [2.24, 2.45) is 5.92 Å². The molecule has 0 aromatic heterocycles. The number of nitrogens with zero attached hydrogens (tertiary/aromatic N) is 1. The summed E-state index contributed by atoms with van der Waals surface area (Å²) >= 11 is 0. The van der Waals surface area contributed by atoms with Crippen molar-refractivity contribution in [2.45, 2.75) is 26.0 Å². The number of ether oxygens (including phenoxy) is 1. The van der Waals surface area contributed by atoms with Gasteiger partial charge in [0.2, 0.25) is 0 Å². The third kappa shape index (κ3) is 2.94. The fraction of sp³-hybridized carbons (Fsp3) is 0.571. The summed E-state index contributed by atoms with van der Waals surface area (Å²) in [5, 5.41) is 19.4. The summed E-state index contributed by atoms with van der Waals surface area (Å²) < 4.78 is 5.16. The number of aliphatic hydroxyl groups is 1. The molecule has 2 N–H and O–H groups in total. The van der Waals surface area contributed by atoms with Gasteiger partial charge in [-0.25, -0.2) is 0 Å². The third-order valence-corrected chi connectivity index (χ3v) is 3.67. The van der Waals surface area contributed by atoms with E-state index in [0.29, 0.717) is 18.2 Å². The highest BCUT2D eigenvalue weighted by Crippen LogP contribution is 2.27. The van der Waals surface area contributed by atoms with E-state index in [4.69, 9.17) is 4.74 Å². The zero-order valence-electron chi connectivity index (χ0n) is 11.0. The second kappa shape index (κ2) is 5.59. The zero-order chi connectivity index (χ0) is 13.1. The van der Waals surface area contributed by atoms with Gasteiger partial charge in [-0.15, -0.1) is 0 Å². The molecule has 2 atom stereocenters. The van der Waals surface area contributed by atoms with Crippen LogP contribution in [-0.2, 0) is 6.54 Å². The molecule has 1 aromatic rings. The van der Waals surface area contributed by atoms with Gasteiger partial charge in [0.25, 0.3) is 0 Å². The molecule has 0 amide bonds. The van der Waals surface area contributed by atoms with Crippen molar-refractivity contribution in [3.8, 4) is 11.5 Å². The van der Waals surface area contributed by atoms with Crippen molar-refractivity contribution in [1.82, 2.24) is 4.90 Å². The van der Waals surface area contributed by atoms with Crippen molar-refractivity contribution >= 4 is 0 Å². The van der Waals surface area contributed by atoms with Crippen LogP contribution in [0.2, 0.25) is 0 Å². The molecule has 1 aliphatic heterocycles. The van der Waals surface area contributed by atoms with Gasteiger partial charge in [-0.05, 0) is 44.0 Å². The molecule has 1 saturated heterocycles. The highest BCUT2D eigenvalue weighted by Gasteiger charge is 2.26. The lowest BCUT2D eigenvalue weighted by atomic mass is 10.0. The minimum atomic E-state index is -0.256. The number of rotatable bonds is 4. The first-order chi connectivity index (χ1) is 8.60. The summed E-state index contributed by atoms with van der Waals surface area (Å²) in [7, 11) is 1.62. The quantitative estimate of drug-likeness (QED) is 0.853. The van der Waals surface area contributed by atoms with Gasteiger partial charge in [0.15, 0.2) is 0 Å². The number of aromatic hydroxyl groups is 1. The van der Waals surface area contributed by atoms with E-state index >= 15 is 0 Å². The SMILES string of the molecule is COc1ccc(O)c(CN2CCC(C(C)O)C2)c1. The van der Waals surface area contributed by atoms with Crippen molar-refractivity contribution in [1.29, 1.82) is 0 Å². The van der Waals surface area contributed by atoms with E-state index in [1.54, 1.807) is 19.2 Å². The first-order valence-corrected chi connectivity index (χ1v) is 6.36. The van der Waals surface area contributed by atoms with Gasteiger partial charge >= 0.3 is 0 Å². The Bertz CT molecular complexity index is 406. The van der Waals surface area contributed by atoms with Gasteiger partial charge in [0.1, 0.15) is 11.5 Å². The molecule has 2 rings (SSSR count). The number of hydrogen-bond acceptors (Lipinski definition) is 4. The molecule has 100 valence electrons. The Kier molecular flexibility index (Phi) is 4.09. The van der Waals surface area contributed by atoms with E-state index in [2.05, 4.69) is 4.90 Å². The topological polar surface area (TPSA) is 52.9 Å². The lowest BCUT2D eigenvalue weighted by Gasteiger charge is -2.18. The number of aliphatic hydroxyl groups excluding tert-OH is 1. The average Bonchev–Trinajstić information content (AvgIpc) is 2.81. The Hall–Kier alpha value is -1.26. The van der Waals surface area contributed by atoms with E-state index in [1.807, 2.05) is 13.0 Å². The van der Waals surface area contributed by atoms with Crippen LogP contribution in [0.3, 0.4) is 0 Å². The van der Waals surface area contributed by atoms with Crippen molar-refractivity contribution in [2.75, 3.05) is 20.2 Å². The van der Waals surface area contributed by atoms with Gasteiger partial charge in [0, 0.05) is 18.7 Å².